The summed E-state index contributed by atoms with van der Waals surface area (Å²) in [5.41, 5.74) is -0.399. The Morgan fingerprint density at radius 2 is 1.13 bits per heavy atom. The van der Waals surface area contributed by atoms with Crippen LogP contribution >= 0.6 is 93.1 Å². The summed E-state index contributed by atoms with van der Waals surface area (Å²) in [6.45, 7) is 8.27. The number of alkyl halides is 6. The predicted molar refractivity (Wildman–Crippen MR) is 131 cm³/mol. The molecule has 1 aromatic heterocycles. The van der Waals surface area contributed by atoms with Crippen molar-refractivity contribution in [1.29, 1.82) is 0 Å². The van der Waals surface area contributed by atoms with E-state index in [2.05, 4.69) is 30.9 Å². The molecular formula is C15H20Cl6N6O2S2. The first-order valence-electron chi connectivity index (χ1n) is 8.42. The van der Waals surface area contributed by atoms with Crippen molar-refractivity contribution in [1.82, 2.24) is 25.6 Å². The Labute approximate surface area is 219 Å². The molecule has 0 spiro atoms. The molecule has 3 N–H and O–H groups in total. The zero-order valence-electron chi connectivity index (χ0n) is 16.9. The number of aromatic nitrogens is 3. The quantitative estimate of drug-likeness (QED) is 0.232. The second kappa shape index (κ2) is 11.6. The molecule has 0 bridgehead atoms. The van der Waals surface area contributed by atoms with Crippen LogP contribution in [0.2, 0.25) is 0 Å². The molecule has 31 heavy (non-hydrogen) atoms. The summed E-state index contributed by atoms with van der Waals surface area (Å²) in [7, 11) is 0. The third-order valence-corrected chi connectivity index (χ3v) is 7.08. The van der Waals surface area contributed by atoms with Crippen molar-refractivity contribution in [2.24, 2.45) is 0 Å². The van der Waals surface area contributed by atoms with Gasteiger partial charge in [0.25, 0.3) is 0 Å². The number of rotatable bonds is 7. The molecule has 2 atom stereocenters. The molecule has 16 heteroatoms. The number of anilines is 1. The van der Waals surface area contributed by atoms with Gasteiger partial charge in [0.15, 0.2) is 10.3 Å². The number of hydrogen-bond acceptors (Lipinski definition) is 8. The lowest BCUT2D eigenvalue weighted by Crippen LogP contribution is -2.40. The normalized spacial score (nSPS) is 14.5. The van der Waals surface area contributed by atoms with Gasteiger partial charge in [0.2, 0.25) is 25.3 Å². The van der Waals surface area contributed by atoms with Gasteiger partial charge in [-0.1, -0.05) is 93.1 Å². The number of carbonyl (C=O) groups is 2. The Hall–Kier alpha value is 0.190. The lowest BCUT2D eigenvalue weighted by molar-refractivity contribution is -0.120. The van der Waals surface area contributed by atoms with E-state index in [9.17, 15) is 9.59 Å². The Morgan fingerprint density at radius 3 is 1.39 bits per heavy atom. The van der Waals surface area contributed by atoms with E-state index in [1.165, 1.54) is 13.8 Å². The Kier molecular flexibility index (Phi) is 10.9. The van der Waals surface area contributed by atoms with Crippen LogP contribution in [-0.4, -0.2) is 50.6 Å². The van der Waals surface area contributed by atoms with E-state index < -0.39 is 35.7 Å². The summed E-state index contributed by atoms with van der Waals surface area (Å²) < 4.78 is -3.71. The molecule has 1 rings (SSSR count). The van der Waals surface area contributed by atoms with Crippen LogP contribution < -0.4 is 16.0 Å². The van der Waals surface area contributed by atoms with Crippen LogP contribution in [0.1, 0.15) is 34.6 Å². The van der Waals surface area contributed by atoms with Gasteiger partial charge in [0.1, 0.15) is 10.7 Å². The lowest BCUT2D eigenvalue weighted by atomic mass is 10.1. The summed E-state index contributed by atoms with van der Waals surface area (Å²) in [6.07, 6.45) is 0. The maximum atomic E-state index is 11.5. The standard InChI is InChI=1S/C15H20Cl6N6O2S2/c1-6(28)22-8(14(16,17)18)30-11-24-10(27-13(3,4)5)25-12(26-11)31-9(15(19,20)21)23-7(2)29/h8-9H,1-5H3,(H,22,28)(H,23,29)(H,24,25,26,27). The molecule has 0 fully saturated rings. The van der Waals surface area contributed by atoms with Crippen LogP contribution in [0.15, 0.2) is 10.3 Å². The number of hydrogen-bond donors (Lipinski definition) is 3. The monoisotopic (exact) mass is 590 g/mol. The van der Waals surface area contributed by atoms with Crippen LogP contribution in [0.25, 0.3) is 0 Å². The Morgan fingerprint density at radius 1 is 0.774 bits per heavy atom. The minimum atomic E-state index is -1.86. The first-order chi connectivity index (χ1) is 13.9. The molecule has 0 aliphatic carbocycles. The fourth-order valence-electron chi connectivity index (χ4n) is 1.77. The number of nitrogens with one attached hydrogen (secondary N) is 3. The van der Waals surface area contributed by atoms with E-state index in [0.717, 1.165) is 23.5 Å². The third-order valence-electron chi connectivity index (χ3n) is 2.79. The molecule has 1 heterocycles. The summed E-state index contributed by atoms with van der Waals surface area (Å²) in [5.74, 6) is -0.630. The van der Waals surface area contributed by atoms with Gasteiger partial charge in [-0.2, -0.15) is 15.0 Å². The maximum absolute atomic E-state index is 11.5. The summed E-state index contributed by atoms with van der Waals surface area (Å²) >= 11 is 37.7. The topological polar surface area (TPSA) is 109 Å². The van der Waals surface area contributed by atoms with Crippen molar-refractivity contribution in [3.05, 3.63) is 0 Å². The van der Waals surface area contributed by atoms with Gasteiger partial charge in [-0.05, 0) is 20.8 Å². The Bertz CT molecular complexity index is 745. The summed E-state index contributed by atoms with van der Waals surface area (Å²) in [5, 5.41) is 6.40. The van der Waals surface area contributed by atoms with Crippen LogP contribution in [0.5, 0.6) is 0 Å². The molecule has 2 unspecified atom stereocenters. The average Bonchev–Trinajstić information content (AvgIpc) is 2.49. The van der Waals surface area contributed by atoms with E-state index in [0.29, 0.717) is 0 Å². The number of amides is 2. The second-order valence-corrected chi connectivity index (χ2v) is 14.0. The third kappa shape index (κ3) is 11.7. The van der Waals surface area contributed by atoms with Crippen molar-refractivity contribution in [3.63, 3.8) is 0 Å². The molecule has 0 aromatic carbocycles. The number of halogens is 6. The van der Waals surface area contributed by atoms with Crippen molar-refractivity contribution < 1.29 is 9.59 Å². The molecular weight excluding hydrogens is 573 g/mol. The van der Waals surface area contributed by atoms with Crippen molar-refractivity contribution >= 4 is 111 Å². The van der Waals surface area contributed by atoms with Gasteiger partial charge in [-0.15, -0.1) is 0 Å². The molecule has 0 saturated heterocycles. The largest absolute Gasteiger partial charge is 0.349 e. The average molecular weight is 593 g/mol. The molecule has 2 amide bonds. The molecule has 0 saturated carbocycles. The van der Waals surface area contributed by atoms with Crippen molar-refractivity contribution in [3.8, 4) is 0 Å². The van der Waals surface area contributed by atoms with Crippen LogP contribution in [0.4, 0.5) is 5.95 Å². The molecule has 0 radical (unpaired) electrons. The fraction of sp³-hybridized carbons (Fsp3) is 0.667. The minimum Gasteiger partial charge on any atom is -0.349 e. The van der Waals surface area contributed by atoms with Crippen LogP contribution in [-0.2, 0) is 9.59 Å². The zero-order chi connectivity index (χ0) is 24.2. The van der Waals surface area contributed by atoms with Crippen LogP contribution in [0, 0.1) is 0 Å². The van der Waals surface area contributed by atoms with E-state index in [1.54, 1.807) is 0 Å². The lowest BCUT2D eigenvalue weighted by Gasteiger charge is -2.26. The van der Waals surface area contributed by atoms with Gasteiger partial charge in [-0.3, -0.25) is 9.59 Å². The van der Waals surface area contributed by atoms with Gasteiger partial charge >= 0.3 is 0 Å². The summed E-state index contributed by atoms with van der Waals surface area (Å²) in [6, 6.07) is 0. The highest BCUT2D eigenvalue weighted by Crippen LogP contribution is 2.41. The van der Waals surface area contributed by atoms with Gasteiger partial charge in [-0.25, -0.2) is 0 Å². The van der Waals surface area contributed by atoms with E-state index in [1.807, 2.05) is 20.8 Å². The van der Waals surface area contributed by atoms with E-state index >= 15 is 0 Å². The van der Waals surface area contributed by atoms with Gasteiger partial charge < -0.3 is 16.0 Å². The summed E-state index contributed by atoms with van der Waals surface area (Å²) in [4.78, 5) is 36.0. The highest BCUT2D eigenvalue weighted by molar-refractivity contribution is 8.00. The minimum absolute atomic E-state index is 0.125. The molecule has 0 aliphatic heterocycles. The maximum Gasteiger partial charge on any atom is 0.228 e. The van der Waals surface area contributed by atoms with Crippen molar-refractivity contribution in [2.45, 2.75) is 68.8 Å². The first-order valence-corrected chi connectivity index (χ1v) is 12.4. The van der Waals surface area contributed by atoms with Gasteiger partial charge in [0.05, 0.1) is 0 Å². The van der Waals surface area contributed by atoms with E-state index in [4.69, 9.17) is 69.6 Å². The fourth-order valence-corrected chi connectivity index (χ4v) is 4.65. The number of carbonyl (C=O) groups excluding carboxylic acids is 2. The predicted octanol–water partition coefficient (Wildman–Crippen LogP) is 4.93. The molecule has 176 valence electrons. The molecule has 8 nitrogen and oxygen atoms in total. The second-order valence-electron chi connectivity index (χ2n) is 7.08. The highest BCUT2D eigenvalue weighted by atomic mass is 35.6. The number of thioether (sulfide) groups is 2. The molecule has 1 aromatic rings. The van der Waals surface area contributed by atoms with Crippen molar-refractivity contribution in [2.75, 3.05) is 5.32 Å². The van der Waals surface area contributed by atoms with Gasteiger partial charge in [0, 0.05) is 19.4 Å². The SMILES string of the molecule is CC(=O)NC(Sc1nc(NC(C)(C)C)nc(SC(NC(C)=O)C(Cl)(Cl)Cl)n1)C(Cl)(Cl)Cl. The first kappa shape index (κ1) is 29.2. The van der Waals surface area contributed by atoms with Crippen LogP contribution in [0.3, 0.4) is 0 Å². The zero-order valence-corrected chi connectivity index (χ0v) is 23.1. The highest BCUT2D eigenvalue weighted by Gasteiger charge is 2.37. The Balaban J connectivity index is 3.36. The smallest absolute Gasteiger partial charge is 0.228 e. The van der Waals surface area contributed by atoms with E-state index in [-0.39, 0.29) is 16.3 Å². The number of nitrogens with zero attached hydrogens (tertiary/aromatic N) is 3. The molecule has 0 aliphatic rings.